The average Bonchev–Trinajstić information content (AvgIpc) is 2.38. The Balaban J connectivity index is 1.68. The Hall–Kier alpha value is 0.210. The van der Waals surface area contributed by atoms with E-state index in [-0.39, 0.29) is 0 Å². The summed E-state index contributed by atoms with van der Waals surface area (Å²) in [7, 11) is 0. The molecule has 0 spiro atoms. The van der Waals surface area contributed by atoms with E-state index in [0.29, 0.717) is 0 Å². The van der Waals surface area contributed by atoms with E-state index in [1.807, 2.05) is 0 Å². The molecule has 0 bridgehead atoms. The van der Waals surface area contributed by atoms with E-state index in [0.717, 1.165) is 18.3 Å². The molecule has 0 atom stereocenters. The first-order chi connectivity index (χ1) is 7.38. The molecule has 2 fully saturated rings. The summed E-state index contributed by atoms with van der Waals surface area (Å²) in [5.41, 5.74) is 0. The van der Waals surface area contributed by atoms with Crippen molar-refractivity contribution in [2.45, 2.75) is 25.7 Å². The maximum Gasteiger partial charge on any atom is 0.0351 e. The van der Waals surface area contributed by atoms with Gasteiger partial charge in [-0.1, -0.05) is 6.42 Å². The SMILES string of the molecule is ClCCN1CCCN(CC2CCC2)CC1. The van der Waals surface area contributed by atoms with Gasteiger partial charge in [-0.3, -0.25) is 0 Å². The minimum absolute atomic E-state index is 0.780. The first-order valence-electron chi connectivity index (χ1n) is 6.39. The van der Waals surface area contributed by atoms with E-state index in [4.69, 9.17) is 11.6 Å². The van der Waals surface area contributed by atoms with E-state index in [9.17, 15) is 0 Å². The fourth-order valence-electron chi connectivity index (χ4n) is 2.59. The lowest BCUT2D eigenvalue weighted by atomic mass is 9.85. The van der Waals surface area contributed by atoms with Crippen LogP contribution in [0.25, 0.3) is 0 Å². The van der Waals surface area contributed by atoms with Crippen LogP contribution in [0.4, 0.5) is 0 Å². The molecule has 0 aromatic heterocycles. The molecule has 0 amide bonds. The highest BCUT2D eigenvalue weighted by Crippen LogP contribution is 2.27. The van der Waals surface area contributed by atoms with Gasteiger partial charge >= 0.3 is 0 Å². The van der Waals surface area contributed by atoms with Crippen LogP contribution in [0.1, 0.15) is 25.7 Å². The lowest BCUT2D eigenvalue weighted by Crippen LogP contribution is -2.36. The fourth-order valence-corrected chi connectivity index (χ4v) is 2.83. The smallest absolute Gasteiger partial charge is 0.0351 e. The van der Waals surface area contributed by atoms with Gasteiger partial charge < -0.3 is 9.80 Å². The summed E-state index contributed by atoms with van der Waals surface area (Å²) in [5.74, 6) is 1.80. The molecule has 1 saturated carbocycles. The van der Waals surface area contributed by atoms with Gasteiger partial charge in [-0.05, 0) is 38.3 Å². The van der Waals surface area contributed by atoms with Crippen LogP contribution in [0, 0.1) is 5.92 Å². The van der Waals surface area contributed by atoms with Crippen LogP contribution in [0.3, 0.4) is 0 Å². The highest BCUT2D eigenvalue weighted by atomic mass is 35.5. The molecule has 1 aliphatic heterocycles. The van der Waals surface area contributed by atoms with Crippen LogP contribution in [0.2, 0.25) is 0 Å². The average molecular weight is 231 g/mol. The van der Waals surface area contributed by atoms with Crippen molar-refractivity contribution < 1.29 is 0 Å². The van der Waals surface area contributed by atoms with Crippen LogP contribution in [-0.4, -0.2) is 54.9 Å². The largest absolute Gasteiger partial charge is 0.302 e. The molecule has 2 rings (SSSR count). The first kappa shape index (κ1) is 11.7. The van der Waals surface area contributed by atoms with E-state index in [2.05, 4.69) is 9.80 Å². The van der Waals surface area contributed by atoms with Crippen molar-refractivity contribution in [1.29, 1.82) is 0 Å². The van der Waals surface area contributed by atoms with Crippen molar-refractivity contribution in [2.24, 2.45) is 5.92 Å². The Labute approximate surface area is 98.6 Å². The molecule has 88 valence electrons. The van der Waals surface area contributed by atoms with Crippen molar-refractivity contribution in [2.75, 3.05) is 45.1 Å². The van der Waals surface area contributed by atoms with E-state index < -0.39 is 0 Å². The van der Waals surface area contributed by atoms with Gasteiger partial charge in [0.05, 0.1) is 0 Å². The Kier molecular flexibility index (Phi) is 4.73. The Bertz CT molecular complexity index is 182. The second kappa shape index (κ2) is 6.07. The monoisotopic (exact) mass is 230 g/mol. The molecule has 1 saturated heterocycles. The lowest BCUT2D eigenvalue weighted by molar-refractivity contribution is 0.180. The van der Waals surface area contributed by atoms with Gasteiger partial charge in [-0.25, -0.2) is 0 Å². The highest BCUT2D eigenvalue weighted by Gasteiger charge is 2.22. The van der Waals surface area contributed by atoms with Gasteiger partial charge in [-0.15, -0.1) is 11.6 Å². The van der Waals surface area contributed by atoms with E-state index in [1.54, 1.807) is 0 Å². The maximum absolute atomic E-state index is 5.79. The van der Waals surface area contributed by atoms with Crippen LogP contribution in [-0.2, 0) is 0 Å². The van der Waals surface area contributed by atoms with Crippen molar-refractivity contribution in [3.8, 4) is 0 Å². The highest BCUT2D eigenvalue weighted by molar-refractivity contribution is 6.18. The van der Waals surface area contributed by atoms with Crippen LogP contribution in [0.15, 0.2) is 0 Å². The van der Waals surface area contributed by atoms with E-state index >= 15 is 0 Å². The van der Waals surface area contributed by atoms with Gasteiger partial charge in [0, 0.05) is 32.1 Å². The molecule has 0 radical (unpaired) electrons. The predicted octanol–water partition coefficient (Wildman–Crippen LogP) is 2.03. The van der Waals surface area contributed by atoms with E-state index in [1.165, 1.54) is 58.4 Å². The molecule has 0 N–H and O–H groups in total. The summed E-state index contributed by atoms with van der Waals surface area (Å²) in [6.45, 7) is 7.45. The summed E-state index contributed by atoms with van der Waals surface area (Å²) >= 11 is 5.79. The normalized spacial score (nSPS) is 26.2. The topological polar surface area (TPSA) is 6.48 Å². The third kappa shape index (κ3) is 3.61. The van der Waals surface area contributed by atoms with Gasteiger partial charge in [0.15, 0.2) is 0 Å². The zero-order chi connectivity index (χ0) is 10.5. The van der Waals surface area contributed by atoms with Crippen molar-refractivity contribution in [3.63, 3.8) is 0 Å². The summed E-state index contributed by atoms with van der Waals surface area (Å²) < 4.78 is 0. The molecule has 2 aliphatic rings. The number of nitrogens with zero attached hydrogens (tertiary/aromatic N) is 2. The van der Waals surface area contributed by atoms with Gasteiger partial charge in [0.1, 0.15) is 0 Å². The lowest BCUT2D eigenvalue weighted by Gasteiger charge is -2.31. The molecule has 0 unspecified atom stereocenters. The number of hydrogen-bond acceptors (Lipinski definition) is 2. The standard InChI is InChI=1S/C12H23ClN2/c13-5-8-14-6-2-7-15(10-9-14)11-12-3-1-4-12/h12H,1-11H2. The second-order valence-electron chi connectivity index (χ2n) is 4.98. The zero-order valence-corrected chi connectivity index (χ0v) is 10.4. The molecule has 15 heavy (non-hydrogen) atoms. The molecular weight excluding hydrogens is 208 g/mol. The molecule has 0 aromatic carbocycles. The van der Waals surface area contributed by atoms with Gasteiger partial charge in [0.25, 0.3) is 0 Å². The van der Waals surface area contributed by atoms with Gasteiger partial charge in [0.2, 0.25) is 0 Å². The van der Waals surface area contributed by atoms with Crippen LogP contribution < -0.4 is 0 Å². The molecule has 0 aromatic rings. The molecule has 1 heterocycles. The van der Waals surface area contributed by atoms with Gasteiger partial charge in [-0.2, -0.15) is 0 Å². The number of alkyl halides is 1. The molecular formula is C12H23ClN2. The number of hydrogen-bond donors (Lipinski definition) is 0. The zero-order valence-electron chi connectivity index (χ0n) is 9.63. The first-order valence-corrected chi connectivity index (χ1v) is 6.92. The summed E-state index contributed by atoms with van der Waals surface area (Å²) in [6.07, 6.45) is 5.74. The Morgan fingerprint density at radius 3 is 2.33 bits per heavy atom. The number of rotatable bonds is 4. The minimum atomic E-state index is 0.780. The Morgan fingerprint density at radius 1 is 0.933 bits per heavy atom. The maximum atomic E-state index is 5.79. The van der Waals surface area contributed by atoms with Crippen LogP contribution >= 0.6 is 11.6 Å². The quantitative estimate of drug-likeness (QED) is 0.682. The van der Waals surface area contributed by atoms with Crippen molar-refractivity contribution >= 4 is 11.6 Å². The van der Waals surface area contributed by atoms with Crippen molar-refractivity contribution in [1.82, 2.24) is 9.80 Å². The minimum Gasteiger partial charge on any atom is -0.302 e. The van der Waals surface area contributed by atoms with Crippen LogP contribution in [0.5, 0.6) is 0 Å². The predicted molar refractivity (Wildman–Crippen MR) is 65.6 cm³/mol. The summed E-state index contributed by atoms with van der Waals surface area (Å²) in [4.78, 5) is 5.17. The number of halogens is 1. The third-order valence-corrected chi connectivity index (χ3v) is 3.99. The Morgan fingerprint density at radius 2 is 1.67 bits per heavy atom. The molecule has 2 nitrogen and oxygen atoms in total. The fraction of sp³-hybridized carbons (Fsp3) is 1.00. The second-order valence-corrected chi connectivity index (χ2v) is 5.36. The summed E-state index contributed by atoms with van der Waals surface area (Å²) in [5, 5.41) is 0. The summed E-state index contributed by atoms with van der Waals surface area (Å²) in [6, 6.07) is 0. The third-order valence-electron chi connectivity index (χ3n) is 3.82. The molecule has 3 heteroatoms. The molecule has 1 aliphatic carbocycles. The van der Waals surface area contributed by atoms with Crippen molar-refractivity contribution in [3.05, 3.63) is 0 Å².